The number of hydrogen-bond donors (Lipinski definition) is 1. The Kier molecular flexibility index (Phi) is 5.76. The smallest absolute Gasteiger partial charge is 0.295 e. The molecule has 0 aliphatic carbocycles. The first-order valence-corrected chi connectivity index (χ1v) is 12.5. The molecule has 1 aromatic heterocycles. The predicted molar refractivity (Wildman–Crippen MR) is 128 cm³/mol. The van der Waals surface area contributed by atoms with Crippen molar-refractivity contribution in [3.63, 3.8) is 0 Å². The van der Waals surface area contributed by atoms with Crippen molar-refractivity contribution >= 4 is 54.4 Å². The summed E-state index contributed by atoms with van der Waals surface area (Å²) in [7, 11) is -0.461. The van der Waals surface area contributed by atoms with Crippen molar-refractivity contribution in [1.82, 2.24) is 9.13 Å². The van der Waals surface area contributed by atoms with E-state index in [-0.39, 0.29) is 10.6 Å². The lowest BCUT2D eigenvalue weighted by Gasteiger charge is -2.15. The number of sulfonamides is 1. The molecule has 0 unspecified atom stereocenters. The number of fused-ring (bicyclic) bond motifs is 1. The molecule has 0 fully saturated rings. The average molecular weight is 518 g/mol. The van der Waals surface area contributed by atoms with E-state index in [0.717, 1.165) is 14.9 Å². The van der Waals surface area contributed by atoms with E-state index < -0.39 is 10.0 Å². The Balaban J connectivity index is 1.87. The fourth-order valence-electron chi connectivity index (χ4n) is 3.42. The van der Waals surface area contributed by atoms with Crippen molar-refractivity contribution in [2.24, 2.45) is 14.1 Å². The summed E-state index contributed by atoms with van der Waals surface area (Å²) in [5.41, 5.74) is 2.26. The molecule has 0 saturated heterocycles. The quantitative estimate of drug-likeness (QED) is 0.408. The van der Waals surface area contributed by atoms with Gasteiger partial charge in [-0.1, -0.05) is 45.9 Å². The summed E-state index contributed by atoms with van der Waals surface area (Å²) in [6, 6.07) is 18.3. The zero-order valence-corrected chi connectivity index (χ0v) is 20.3. The number of nitrogens with zero attached hydrogens (tertiary/aromatic N) is 2. The Bertz CT molecular complexity index is 1460. The van der Waals surface area contributed by atoms with E-state index in [1.807, 2.05) is 36.4 Å². The van der Waals surface area contributed by atoms with E-state index in [9.17, 15) is 13.2 Å². The summed E-state index contributed by atoms with van der Waals surface area (Å²) >= 11 is 4.81. The number of nitrogens with one attached hydrogen (secondary N) is 1. The van der Waals surface area contributed by atoms with Gasteiger partial charge in [-0.15, -0.1) is 0 Å². The predicted octanol–water partition coefficient (Wildman–Crippen LogP) is 4.90. The second kappa shape index (κ2) is 8.22. The number of anilines is 1. The van der Waals surface area contributed by atoms with Gasteiger partial charge >= 0.3 is 5.69 Å². The maximum Gasteiger partial charge on any atom is 0.328 e. The Morgan fingerprint density at radius 3 is 2.23 bits per heavy atom. The van der Waals surface area contributed by atoms with Crippen LogP contribution in [0.5, 0.6) is 0 Å². The van der Waals surface area contributed by atoms with E-state index in [2.05, 4.69) is 20.7 Å². The zero-order chi connectivity index (χ0) is 22.3. The molecule has 0 radical (unpaired) electrons. The highest BCUT2D eigenvalue weighted by Crippen LogP contribution is 2.37. The Labute approximate surface area is 193 Å². The lowest BCUT2D eigenvalue weighted by atomic mass is 10.2. The molecule has 0 aliphatic rings. The molecule has 0 amide bonds. The highest BCUT2D eigenvalue weighted by molar-refractivity contribution is 9.10. The van der Waals surface area contributed by atoms with Crippen LogP contribution in [0.4, 0.5) is 5.69 Å². The average Bonchev–Trinajstić information content (AvgIpc) is 2.92. The minimum absolute atomic E-state index is 0.172. The van der Waals surface area contributed by atoms with E-state index in [0.29, 0.717) is 21.7 Å². The minimum atomic E-state index is -3.84. The third-order valence-corrected chi connectivity index (χ3v) is 8.10. The van der Waals surface area contributed by atoms with Crippen LogP contribution in [0.15, 0.2) is 84.6 Å². The van der Waals surface area contributed by atoms with Gasteiger partial charge in [0.15, 0.2) is 0 Å². The first-order valence-electron chi connectivity index (χ1n) is 9.39. The first-order chi connectivity index (χ1) is 14.7. The SMILES string of the molecule is Cc1cc(Br)ccc1S(=O)(=O)Nc1cc2c(cc1Sc1ccccc1)n(C)c(=O)n2C. The Morgan fingerprint density at radius 2 is 1.58 bits per heavy atom. The van der Waals surface area contributed by atoms with Crippen LogP contribution < -0.4 is 10.4 Å². The fourth-order valence-corrected chi connectivity index (χ4v) is 6.20. The largest absolute Gasteiger partial charge is 0.328 e. The molecule has 3 aromatic carbocycles. The molecule has 0 spiro atoms. The number of benzene rings is 3. The van der Waals surface area contributed by atoms with Crippen molar-refractivity contribution in [2.75, 3.05) is 4.72 Å². The second-order valence-corrected chi connectivity index (χ2v) is 10.8. The van der Waals surface area contributed by atoms with Gasteiger partial charge in [0, 0.05) is 28.4 Å². The lowest BCUT2D eigenvalue weighted by Crippen LogP contribution is -2.19. The van der Waals surface area contributed by atoms with Crippen LogP contribution in [-0.4, -0.2) is 17.6 Å². The van der Waals surface area contributed by atoms with Crippen molar-refractivity contribution in [3.05, 3.63) is 81.2 Å². The van der Waals surface area contributed by atoms with Crippen molar-refractivity contribution in [3.8, 4) is 0 Å². The number of aryl methyl sites for hydroxylation is 3. The van der Waals surface area contributed by atoms with E-state index in [4.69, 9.17) is 0 Å². The van der Waals surface area contributed by atoms with E-state index in [1.54, 1.807) is 49.9 Å². The van der Waals surface area contributed by atoms with Crippen molar-refractivity contribution in [1.29, 1.82) is 0 Å². The topological polar surface area (TPSA) is 73.1 Å². The molecule has 9 heteroatoms. The Hall–Kier alpha value is -2.49. The molecule has 0 aliphatic heterocycles. The minimum Gasteiger partial charge on any atom is -0.295 e. The van der Waals surface area contributed by atoms with Crippen LogP contribution >= 0.6 is 27.7 Å². The summed E-state index contributed by atoms with van der Waals surface area (Å²) < 4.78 is 33.1. The van der Waals surface area contributed by atoms with Crippen LogP contribution in [0.3, 0.4) is 0 Å². The van der Waals surface area contributed by atoms with Gasteiger partial charge in [0.25, 0.3) is 10.0 Å². The summed E-state index contributed by atoms with van der Waals surface area (Å²) in [6.45, 7) is 1.75. The van der Waals surface area contributed by atoms with Crippen molar-refractivity contribution in [2.45, 2.75) is 21.6 Å². The van der Waals surface area contributed by atoms with Gasteiger partial charge in [-0.05, 0) is 55.0 Å². The number of hydrogen-bond acceptors (Lipinski definition) is 4. The molecule has 4 rings (SSSR count). The van der Waals surface area contributed by atoms with Crippen LogP contribution in [0, 0.1) is 6.92 Å². The maximum atomic E-state index is 13.2. The molecule has 1 heterocycles. The summed E-state index contributed by atoms with van der Waals surface area (Å²) in [5.74, 6) is 0. The number of imidazole rings is 1. The summed E-state index contributed by atoms with van der Waals surface area (Å²) in [5, 5.41) is 0. The van der Waals surface area contributed by atoms with Gasteiger partial charge in [-0.3, -0.25) is 13.9 Å². The van der Waals surface area contributed by atoms with Crippen molar-refractivity contribution < 1.29 is 8.42 Å². The van der Waals surface area contributed by atoms with Gasteiger partial charge in [-0.25, -0.2) is 13.2 Å². The molecular formula is C22H20BrN3O3S2. The maximum absolute atomic E-state index is 13.2. The molecule has 31 heavy (non-hydrogen) atoms. The molecule has 160 valence electrons. The summed E-state index contributed by atoms with van der Waals surface area (Å²) in [6.07, 6.45) is 0. The van der Waals surface area contributed by atoms with Gasteiger partial charge in [0.05, 0.1) is 21.6 Å². The van der Waals surface area contributed by atoms with Gasteiger partial charge in [0.1, 0.15) is 0 Å². The van der Waals surface area contributed by atoms with Crippen LogP contribution in [0.1, 0.15) is 5.56 Å². The van der Waals surface area contributed by atoms with Crippen LogP contribution in [-0.2, 0) is 24.1 Å². The standard InChI is InChI=1S/C22H20BrN3O3S2/c1-14-11-15(23)9-10-21(14)31(28,29)24-17-12-18-19(26(3)22(27)25(18)2)13-20(17)30-16-7-5-4-6-8-16/h4-13,24H,1-3H3. The van der Waals surface area contributed by atoms with Gasteiger partial charge in [0.2, 0.25) is 0 Å². The summed E-state index contributed by atoms with van der Waals surface area (Å²) in [4.78, 5) is 14.3. The Morgan fingerprint density at radius 1 is 0.935 bits per heavy atom. The fraction of sp³-hybridized carbons (Fsp3) is 0.136. The molecular weight excluding hydrogens is 498 g/mol. The molecule has 4 aromatic rings. The molecule has 0 bridgehead atoms. The monoisotopic (exact) mass is 517 g/mol. The zero-order valence-electron chi connectivity index (χ0n) is 17.1. The first kappa shape index (κ1) is 21.7. The normalized spacial score (nSPS) is 11.7. The van der Waals surface area contributed by atoms with Gasteiger partial charge in [-0.2, -0.15) is 0 Å². The highest BCUT2D eigenvalue weighted by atomic mass is 79.9. The third kappa shape index (κ3) is 4.17. The van der Waals surface area contributed by atoms with Crippen LogP contribution in [0.2, 0.25) is 0 Å². The third-order valence-electron chi connectivity index (χ3n) is 5.02. The molecule has 0 atom stereocenters. The molecule has 6 nitrogen and oxygen atoms in total. The second-order valence-electron chi connectivity index (χ2n) is 7.17. The van der Waals surface area contributed by atoms with Crippen LogP contribution in [0.25, 0.3) is 11.0 Å². The molecule has 1 N–H and O–H groups in total. The van der Waals surface area contributed by atoms with E-state index in [1.165, 1.54) is 16.3 Å². The number of aromatic nitrogens is 2. The van der Waals surface area contributed by atoms with Gasteiger partial charge < -0.3 is 0 Å². The number of halogens is 1. The van der Waals surface area contributed by atoms with E-state index >= 15 is 0 Å². The lowest BCUT2D eigenvalue weighted by molar-refractivity contribution is 0.600. The highest BCUT2D eigenvalue weighted by Gasteiger charge is 2.21. The number of rotatable bonds is 5. The molecule has 0 saturated carbocycles.